The maximum atomic E-state index is 10.4. The summed E-state index contributed by atoms with van der Waals surface area (Å²) in [5.74, 6) is 2.97. The van der Waals surface area contributed by atoms with E-state index in [0.717, 1.165) is 52.4 Å². The first-order valence-corrected chi connectivity index (χ1v) is 15.3. The zero-order valence-electron chi connectivity index (χ0n) is 22.4. The number of benzene rings is 1. The lowest BCUT2D eigenvalue weighted by Crippen LogP contribution is -2.50. The Morgan fingerprint density at radius 1 is 1.08 bits per heavy atom. The minimum absolute atomic E-state index is 0.151. The van der Waals surface area contributed by atoms with E-state index in [1.54, 1.807) is 16.9 Å². The third-order valence-electron chi connectivity index (χ3n) is 11.4. The molecular formula is C33H37N3OS. The maximum absolute atomic E-state index is 10.4. The summed E-state index contributed by atoms with van der Waals surface area (Å²) < 4.78 is 0. The number of aromatic nitrogens is 1. The van der Waals surface area contributed by atoms with Gasteiger partial charge < -0.3 is 10.8 Å². The molecule has 0 aliphatic heterocycles. The van der Waals surface area contributed by atoms with Crippen molar-refractivity contribution in [1.29, 1.82) is 5.26 Å². The number of nitrogens with two attached hydrogens (primary N) is 1. The van der Waals surface area contributed by atoms with Crippen LogP contribution in [0, 0.1) is 39.9 Å². The molecule has 7 atom stereocenters. The van der Waals surface area contributed by atoms with Crippen LogP contribution >= 0.6 is 11.3 Å². The highest BCUT2D eigenvalue weighted by Gasteiger charge is 2.59. The minimum Gasteiger partial charge on any atom is -0.393 e. The normalized spacial score (nSPS) is 36.2. The number of aliphatic hydroxyl groups excluding tert-OH is 1. The average Bonchev–Trinajstić information content (AvgIpc) is 3.48. The van der Waals surface area contributed by atoms with Gasteiger partial charge in [0, 0.05) is 10.9 Å². The van der Waals surface area contributed by atoms with Gasteiger partial charge in [-0.3, -0.25) is 0 Å². The van der Waals surface area contributed by atoms with Gasteiger partial charge in [-0.2, -0.15) is 5.26 Å². The zero-order valence-corrected chi connectivity index (χ0v) is 23.2. The molecule has 0 bridgehead atoms. The Labute approximate surface area is 229 Å². The second-order valence-electron chi connectivity index (χ2n) is 12.9. The van der Waals surface area contributed by atoms with Crippen LogP contribution in [0.15, 0.2) is 47.4 Å². The number of aliphatic hydroxyl groups is 1. The zero-order chi connectivity index (χ0) is 26.2. The molecule has 0 radical (unpaired) electrons. The fourth-order valence-electron chi connectivity index (χ4n) is 9.53. The Morgan fingerprint density at radius 2 is 1.89 bits per heavy atom. The molecule has 5 heteroatoms. The van der Waals surface area contributed by atoms with Gasteiger partial charge in [-0.05, 0) is 102 Å². The van der Waals surface area contributed by atoms with Gasteiger partial charge in [-0.1, -0.05) is 55.8 Å². The Kier molecular flexibility index (Phi) is 5.55. The molecule has 4 aliphatic rings. The van der Waals surface area contributed by atoms with Crippen molar-refractivity contribution in [3.63, 3.8) is 0 Å². The van der Waals surface area contributed by atoms with Crippen LogP contribution in [0.3, 0.4) is 0 Å². The van der Waals surface area contributed by atoms with Crippen molar-refractivity contribution in [3.8, 4) is 17.2 Å². The lowest BCUT2D eigenvalue weighted by atomic mass is 9.47. The second kappa shape index (κ2) is 8.66. The van der Waals surface area contributed by atoms with Crippen LogP contribution in [0.5, 0.6) is 0 Å². The van der Waals surface area contributed by atoms with Crippen molar-refractivity contribution >= 4 is 27.4 Å². The predicted molar refractivity (Wildman–Crippen MR) is 155 cm³/mol. The summed E-state index contributed by atoms with van der Waals surface area (Å²) in [6.45, 7) is 5.08. The van der Waals surface area contributed by atoms with E-state index in [1.807, 2.05) is 18.2 Å². The van der Waals surface area contributed by atoms with Crippen LogP contribution in [-0.4, -0.2) is 16.2 Å². The number of allylic oxidation sites excluding steroid dienone is 1. The maximum Gasteiger partial charge on any atom is 0.143 e. The third kappa shape index (κ3) is 3.32. The standard InChI is InChI=1S/C33H37N3OS/c1-32-14-12-21(37)16-20(32)8-9-22-25-10-11-26(33(25,2)15-13-27(22)32)24-18-38-31-29(24)28(19-6-4-3-5-7-19)23(17-34)30(35)36-31/h3-8,18,21-22,25-27,37H,9-16H2,1-2H3,(H2,35,36)/t21-,22-,25-,26+,27-,32-,33-/m0/s1. The summed E-state index contributed by atoms with van der Waals surface area (Å²) in [5, 5.41) is 24.0. The number of thiophene rings is 1. The van der Waals surface area contributed by atoms with E-state index in [0.29, 0.717) is 23.2 Å². The number of nitrogens with zero attached hydrogens (tertiary/aromatic N) is 2. The largest absolute Gasteiger partial charge is 0.393 e. The smallest absolute Gasteiger partial charge is 0.143 e. The molecule has 0 saturated heterocycles. The molecular weight excluding hydrogens is 486 g/mol. The van der Waals surface area contributed by atoms with Crippen LogP contribution in [0.1, 0.15) is 82.3 Å². The minimum atomic E-state index is -0.151. The molecule has 38 heavy (non-hydrogen) atoms. The Hall–Kier alpha value is -2.68. The average molecular weight is 524 g/mol. The number of pyridine rings is 1. The molecule has 7 rings (SSSR count). The SMILES string of the molecule is C[C@]12CC[C@H]3[C@@H](CC=C4C[C@@H](O)CC[C@@]43C)[C@@H]1CC[C@@H]2c1csc2nc(N)c(C#N)c(-c3ccccc3)c12. The lowest BCUT2D eigenvalue weighted by Gasteiger charge is -2.58. The molecule has 4 nitrogen and oxygen atoms in total. The molecule has 0 unspecified atom stereocenters. The summed E-state index contributed by atoms with van der Waals surface area (Å²) in [4.78, 5) is 5.68. The molecule has 1 aromatic carbocycles. The molecule has 196 valence electrons. The van der Waals surface area contributed by atoms with Crippen molar-refractivity contribution < 1.29 is 5.11 Å². The van der Waals surface area contributed by atoms with Gasteiger partial charge in [0.15, 0.2) is 0 Å². The summed E-state index contributed by atoms with van der Waals surface area (Å²) in [6, 6.07) is 12.7. The Balaban J connectivity index is 1.32. The van der Waals surface area contributed by atoms with Gasteiger partial charge in [0.2, 0.25) is 0 Å². The van der Waals surface area contributed by atoms with Gasteiger partial charge in [-0.15, -0.1) is 11.3 Å². The first-order chi connectivity index (χ1) is 18.3. The second-order valence-corrected chi connectivity index (χ2v) is 13.8. The van der Waals surface area contributed by atoms with Crippen molar-refractivity contribution in [1.82, 2.24) is 4.98 Å². The number of fused-ring (bicyclic) bond motifs is 6. The molecule has 0 spiro atoms. The van der Waals surface area contributed by atoms with E-state index in [9.17, 15) is 10.4 Å². The van der Waals surface area contributed by atoms with Crippen LogP contribution < -0.4 is 5.73 Å². The number of anilines is 1. The molecule has 3 aromatic rings. The topological polar surface area (TPSA) is 82.9 Å². The van der Waals surface area contributed by atoms with Crippen molar-refractivity contribution in [2.75, 3.05) is 5.73 Å². The number of rotatable bonds is 2. The highest BCUT2D eigenvalue weighted by molar-refractivity contribution is 7.17. The molecule has 3 N–H and O–H groups in total. The van der Waals surface area contributed by atoms with Gasteiger partial charge in [0.1, 0.15) is 22.3 Å². The lowest BCUT2D eigenvalue weighted by molar-refractivity contribution is -0.0408. The van der Waals surface area contributed by atoms with E-state index in [4.69, 9.17) is 10.7 Å². The van der Waals surface area contributed by atoms with Crippen LogP contribution in [-0.2, 0) is 0 Å². The van der Waals surface area contributed by atoms with Crippen LogP contribution in [0.4, 0.5) is 5.82 Å². The molecule has 3 saturated carbocycles. The molecule has 0 amide bonds. The Bertz CT molecular complexity index is 1490. The van der Waals surface area contributed by atoms with Gasteiger partial charge in [0.05, 0.1) is 6.10 Å². The van der Waals surface area contributed by atoms with Crippen LogP contribution in [0.2, 0.25) is 0 Å². The fourth-order valence-corrected chi connectivity index (χ4v) is 10.5. The van der Waals surface area contributed by atoms with Crippen LogP contribution in [0.25, 0.3) is 21.3 Å². The van der Waals surface area contributed by atoms with Gasteiger partial charge >= 0.3 is 0 Å². The van der Waals surface area contributed by atoms with Gasteiger partial charge in [0.25, 0.3) is 0 Å². The highest BCUT2D eigenvalue weighted by Crippen LogP contribution is 2.68. The first kappa shape index (κ1) is 24.4. The first-order valence-electron chi connectivity index (χ1n) is 14.4. The molecule has 4 aliphatic carbocycles. The Morgan fingerprint density at radius 3 is 2.68 bits per heavy atom. The summed E-state index contributed by atoms with van der Waals surface area (Å²) in [5.41, 5.74) is 12.3. The van der Waals surface area contributed by atoms with E-state index < -0.39 is 0 Å². The number of nitriles is 1. The summed E-state index contributed by atoms with van der Waals surface area (Å²) in [6.07, 6.45) is 11.5. The van der Waals surface area contributed by atoms with E-state index in [2.05, 4.69) is 43.5 Å². The van der Waals surface area contributed by atoms with E-state index in [-0.39, 0.29) is 16.9 Å². The number of hydrogen-bond acceptors (Lipinski definition) is 5. The third-order valence-corrected chi connectivity index (χ3v) is 12.3. The number of hydrogen-bond donors (Lipinski definition) is 2. The van der Waals surface area contributed by atoms with Crippen molar-refractivity contribution in [2.45, 2.75) is 77.2 Å². The fraction of sp³-hybridized carbons (Fsp3) is 0.515. The predicted octanol–water partition coefficient (Wildman–Crippen LogP) is 7.82. The monoisotopic (exact) mass is 523 g/mol. The molecule has 3 fully saturated rings. The van der Waals surface area contributed by atoms with E-state index in [1.165, 1.54) is 37.7 Å². The van der Waals surface area contributed by atoms with Crippen molar-refractivity contribution in [2.24, 2.45) is 28.6 Å². The molecule has 2 heterocycles. The van der Waals surface area contributed by atoms with Gasteiger partial charge in [-0.25, -0.2) is 4.98 Å². The number of nitrogen functional groups attached to an aromatic ring is 1. The summed E-state index contributed by atoms with van der Waals surface area (Å²) >= 11 is 1.68. The summed E-state index contributed by atoms with van der Waals surface area (Å²) in [7, 11) is 0. The van der Waals surface area contributed by atoms with E-state index >= 15 is 0 Å². The quantitative estimate of drug-likeness (QED) is 0.335. The molecule has 2 aromatic heterocycles. The van der Waals surface area contributed by atoms with Crippen molar-refractivity contribution in [3.05, 3.63) is 58.5 Å². The highest BCUT2D eigenvalue weighted by atomic mass is 32.1.